The maximum atomic E-state index is 3.68. The normalized spacial score (nSPS) is 18.4. The van der Waals surface area contributed by atoms with Crippen molar-refractivity contribution in [3.05, 3.63) is 34.3 Å². The van der Waals surface area contributed by atoms with E-state index in [4.69, 9.17) is 0 Å². The Morgan fingerprint density at radius 1 is 1.21 bits per heavy atom. The molecule has 1 N–H and O–H groups in total. The lowest BCUT2D eigenvalue weighted by atomic mass is 10.0. The highest BCUT2D eigenvalue weighted by Gasteiger charge is 2.16. The number of nitrogens with zero attached hydrogens (tertiary/aromatic N) is 1. The first-order chi connectivity index (χ1) is 9.31. The standard InChI is InChI=1S/C16H25BrN2/c1-2-18-16(14-8-4-5-9-15(14)17)10-13-19-11-6-3-7-12-19/h4-5,8-9,16,18H,2-3,6-7,10-13H2,1H3. The number of hydrogen-bond donors (Lipinski definition) is 1. The third-order valence-electron chi connectivity index (χ3n) is 3.91. The van der Waals surface area contributed by atoms with Crippen molar-refractivity contribution in [2.45, 2.75) is 38.6 Å². The van der Waals surface area contributed by atoms with E-state index in [1.165, 1.54) is 55.4 Å². The quantitative estimate of drug-likeness (QED) is 0.851. The molecule has 0 bridgehead atoms. The fourth-order valence-electron chi connectivity index (χ4n) is 2.87. The Kier molecular flexibility index (Phi) is 6.35. The van der Waals surface area contributed by atoms with Gasteiger partial charge in [0.1, 0.15) is 0 Å². The van der Waals surface area contributed by atoms with Crippen molar-refractivity contribution in [1.29, 1.82) is 0 Å². The molecule has 0 amide bonds. The minimum absolute atomic E-state index is 0.461. The zero-order valence-electron chi connectivity index (χ0n) is 11.9. The molecular formula is C16H25BrN2. The van der Waals surface area contributed by atoms with Crippen molar-refractivity contribution in [1.82, 2.24) is 10.2 Å². The number of hydrogen-bond acceptors (Lipinski definition) is 2. The topological polar surface area (TPSA) is 15.3 Å². The van der Waals surface area contributed by atoms with Gasteiger partial charge in [-0.15, -0.1) is 0 Å². The van der Waals surface area contributed by atoms with Gasteiger partial charge in [-0.05, 0) is 57.1 Å². The molecule has 1 fully saturated rings. The first-order valence-electron chi connectivity index (χ1n) is 7.51. The van der Waals surface area contributed by atoms with Crippen LogP contribution >= 0.6 is 15.9 Å². The molecule has 1 unspecified atom stereocenters. The average Bonchev–Trinajstić information content (AvgIpc) is 2.45. The molecule has 2 nitrogen and oxygen atoms in total. The summed E-state index contributed by atoms with van der Waals surface area (Å²) in [6.45, 7) is 6.99. The molecule has 1 aliphatic heterocycles. The summed E-state index contributed by atoms with van der Waals surface area (Å²) >= 11 is 3.68. The highest BCUT2D eigenvalue weighted by atomic mass is 79.9. The highest BCUT2D eigenvalue weighted by Crippen LogP contribution is 2.26. The lowest BCUT2D eigenvalue weighted by Gasteiger charge is -2.29. The predicted octanol–water partition coefficient (Wildman–Crippen LogP) is 3.98. The van der Waals surface area contributed by atoms with E-state index in [0.29, 0.717) is 6.04 Å². The summed E-state index contributed by atoms with van der Waals surface area (Å²) in [5.74, 6) is 0. The third-order valence-corrected chi connectivity index (χ3v) is 4.64. The van der Waals surface area contributed by atoms with Crippen LogP contribution in [0, 0.1) is 0 Å². The summed E-state index contributed by atoms with van der Waals surface area (Å²) < 4.78 is 1.22. The van der Waals surface area contributed by atoms with Gasteiger partial charge in [0, 0.05) is 10.5 Å². The van der Waals surface area contributed by atoms with Crippen molar-refractivity contribution < 1.29 is 0 Å². The minimum atomic E-state index is 0.461. The molecule has 1 aromatic rings. The number of rotatable bonds is 6. The van der Waals surface area contributed by atoms with Gasteiger partial charge in [0.2, 0.25) is 0 Å². The summed E-state index contributed by atoms with van der Waals surface area (Å²) in [6.07, 6.45) is 5.36. The first-order valence-corrected chi connectivity index (χ1v) is 8.30. The minimum Gasteiger partial charge on any atom is -0.310 e. The Bertz CT molecular complexity index is 375. The van der Waals surface area contributed by atoms with Crippen LogP contribution in [-0.2, 0) is 0 Å². The van der Waals surface area contributed by atoms with E-state index in [9.17, 15) is 0 Å². The largest absolute Gasteiger partial charge is 0.310 e. The van der Waals surface area contributed by atoms with Gasteiger partial charge in [-0.3, -0.25) is 0 Å². The molecule has 0 spiro atoms. The van der Waals surface area contributed by atoms with Gasteiger partial charge in [-0.1, -0.05) is 47.5 Å². The molecule has 1 aromatic carbocycles. The second kappa shape index (κ2) is 8.03. The molecule has 2 rings (SSSR count). The molecule has 1 saturated heterocycles. The highest BCUT2D eigenvalue weighted by molar-refractivity contribution is 9.10. The van der Waals surface area contributed by atoms with Crippen molar-refractivity contribution in [3.63, 3.8) is 0 Å². The van der Waals surface area contributed by atoms with Gasteiger partial charge < -0.3 is 10.2 Å². The Balaban J connectivity index is 1.94. The van der Waals surface area contributed by atoms with Gasteiger partial charge in [0.25, 0.3) is 0 Å². The van der Waals surface area contributed by atoms with Crippen molar-refractivity contribution in [3.8, 4) is 0 Å². The zero-order valence-corrected chi connectivity index (χ0v) is 13.5. The summed E-state index contributed by atoms with van der Waals surface area (Å²) in [5, 5.41) is 3.62. The molecule has 106 valence electrons. The molecule has 0 saturated carbocycles. The second-order valence-corrected chi connectivity index (χ2v) is 6.18. The first kappa shape index (κ1) is 15.0. The summed E-state index contributed by atoms with van der Waals surface area (Å²) in [5.41, 5.74) is 1.39. The molecule has 19 heavy (non-hydrogen) atoms. The number of piperidine rings is 1. The van der Waals surface area contributed by atoms with Crippen LogP contribution in [0.5, 0.6) is 0 Å². The fraction of sp³-hybridized carbons (Fsp3) is 0.625. The Labute approximate surface area is 125 Å². The van der Waals surface area contributed by atoms with Gasteiger partial charge in [0.15, 0.2) is 0 Å². The van der Waals surface area contributed by atoms with Crippen LogP contribution in [0.3, 0.4) is 0 Å². The van der Waals surface area contributed by atoms with Crippen molar-refractivity contribution >= 4 is 15.9 Å². The molecule has 1 heterocycles. The van der Waals surface area contributed by atoms with E-state index in [1.54, 1.807) is 0 Å². The molecular weight excluding hydrogens is 300 g/mol. The maximum absolute atomic E-state index is 3.68. The second-order valence-electron chi connectivity index (χ2n) is 5.32. The summed E-state index contributed by atoms with van der Waals surface area (Å²) in [4.78, 5) is 2.62. The van der Waals surface area contributed by atoms with E-state index in [1.807, 2.05) is 0 Å². The molecule has 1 atom stereocenters. The lowest BCUT2D eigenvalue weighted by Crippen LogP contribution is -2.33. The van der Waals surface area contributed by atoms with E-state index in [2.05, 4.69) is 57.3 Å². The van der Waals surface area contributed by atoms with Crippen molar-refractivity contribution in [2.24, 2.45) is 0 Å². The van der Waals surface area contributed by atoms with Crippen LogP contribution in [-0.4, -0.2) is 31.1 Å². The predicted molar refractivity (Wildman–Crippen MR) is 85.5 cm³/mol. The van der Waals surface area contributed by atoms with Crippen LogP contribution in [0.15, 0.2) is 28.7 Å². The molecule has 0 radical (unpaired) electrons. The van der Waals surface area contributed by atoms with Gasteiger partial charge >= 0.3 is 0 Å². The lowest BCUT2D eigenvalue weighted by molar-refractivity contribution is 0.217. The SMILES string of the molecule is CCNC(CCN1CCCCC1)c1ccccc1Br. The average molecular weight is 325 g/mol. The number of halogens is 1. The smallest absolute Gasteiger partial charge is 0.0343 e. The van der Waals surface area contributed by atoms with Crippen LogP contribution in [0.25, 0.3) is 0 Å². The summed E-state index contributed by atoms with van der Waals surface area (Å²) in [7, 11) is 0. The van der Waals surface area contributed by atoms with Crippen LogP contribution < -0.4 is 5.32 Å². The van der Waals surface area contributed by atoms with Crippen LogP contribution in [0.1, 0.15) is 44.2 Å². The van der Waals surface area contributed by atoms with Crippen LogP contribution in [0.2, 0.25) is 0 Å². The Hall–Kier alpha value is -0.380. The molecule has 0 aliphatic carbocycles. The van der Waals surface area contributed by atoms with E-state index in [0.717, 1.165) is 6.54 Å². The molecule has 1 aliphatic rings. The Morgan fingerprint density at radius 2 is 1.95 bits per heavy atom. The number of likely N-dealkylation sites (tertiary alicyclic amines) is 1. The Morgan fingerprint density at radius 3 is 2.63 bits per heavy atom. The molecule has 0 aromatic heterocycles. The fourth-order valence-corrected chi connectivity index (χ4v) is 3.43. The van der Waals surface area contributed by atoms with E-state index >= 15 is 0 Å². The number of benzene rings is 1. The monoisotopic (exact) mass is 324 g/mol. The number of nitrogens with one attached hydrogen (secondary N) is 1. The maximum Gasteiger partial charge on any atom is 0.0343 e. The van der Waals surface area contributed by atoms with Crippen molar-refractivity contribution in [2.75, 3.05) is 26.2 Å². The third kappa shape index (κ3) is 4.59. The zero-order chi connectivity index (χ0) is 13.5. The van der Waals surface area contributed by atoms with E-state index < -0.39 is 0 Å². The molecule has 3 heteroatoms. The van der Waals surface area contributed by atoms with Gasteiger partial charge in [-0.2, -0.15) is 0 Å². The summed E-state index contributed by atoms with van der Waals surface area (Å²) in [6, 6.07) is 9.04. The van der Waals surface area contributed by atoms with Gasteiger partial charge in [0.05, 0.1) is 0 Å². The van der Waals surface area contributed by atoms with E-state index in [-0.39, 0.29) is 0 Å². The van der Waals surface area contributed by atoms with Crippen LogP contribution in [0.4, 0.5) is 0 Å². The van der Waals surface area contributed by atoms with Gasteiger partial charge in [-0.25, -0.2) is 0 Å².